The summed E-state index contributed by atoms with van der Waals surface area (Å²) in [4.78, 5) is 13.3. The lowest BCUT2D eigenvalue weighted by atomic mass is 9.83. The lowest BCUT2D eigenvalue weighted by Crippen LogP contribution is -2.34. The summed E-state index contributed by atoms with van der Waals surface area (Å²) in [6.07, 6.45) is 1.87. The molecule has 1 aromatic rings. The van der Waals surface area contributed by atoms with E-state index in [4.69, 9.17) is 5.26 Å². The van der Waals surface area contributed by atoms with Crippen LogP contribution in [0.1, 0.15) is 31.7 Å². The highest BCUT2D eigenvalue weighted by Crippen LogP contribution is 2.40. The third-order valence-electron chi connectivity index (χ3n) is 4.06. The van der Waals surface area contributed by atoms with E-state index in [-0.39, 0.29) is 10.0 Å². The highest BCUT2D eigenvalue weighted by atomic mass is 79.9. The van der Waals surface area contributed by atoms with E-state index in [2.05, 4.69) is 15.9 Å². The molecule has 1 aliphatic rings. The van der Waals surface area contributed by atoms with E-state index in [9.17, 15) is 14.3 Å². The van der Waals surface area contributed by atoms with E-state index in [0.29, 0.717) is 31.6 Å². The van der Waals surface area contributed by atoms with Gasteiger partial charge in [0, 0.05) is 13.1 Å². The second kappa shape index (κ2) is 6.02. The maximum atomic E-state index is 14.4. The van der Waals surface area contributed by atoms with E-state index in [1.165, 1.54) is 0 Å². The molecule has 21 heavy (non-hydrogen) atoms. The van der Waals surface area contributed by atoms with Crippen molar-refractivity contribution >= 4 is 27.6 Å². The molecule has 1 heterocycles. The number of halogens is 2. The van der Waals surface area contributed by atoms with Crippen molar-refractivity contribution in [2.75, 3.05) is 18.0 Å². The van der Waals surface area contributed by atoms with Gasteiger partial charge in [-0.25, -0.2) is 4.39 Å². The van der Waals surface area contributed by atoms with Gasteiger partial charge in [-0.3, -0.25) is 4.79 Å². The van der Waals surface area contributed by atoms with Gasteiger partial charge in [0.25, 0.3) is 0 Å². The monoisotopic (exact) mass is 354 g/mol. The molecule has 6 heteroatoms. The van der Waals surface area contributed by atoms with Gasteiger partial charge in [-0.15, -0.1) is 0 Å². The van der Waals surface area contributed by atoms with E-state index in [1.54, 1.807) is 17.0 Å². The molecule has 1 aliphatic heterocycles. The SMILES string of the molecule is CCCC1(C(=O)O)CCN(c2ccc(C#N)c(Br)c2F)C1. The molecule has 1 N–H and O–H groups in total. The fraction of sp³-hybridized carbons (Fsp3) is 0.467. The predicted octanol–water partition coefficient (Wildman–Crippen LogP) is 3.54. The minimum absolute atomic E-state index is 0.130. The molecule has 2 rings (SSSR count). The fourth-order valence-corrected chi connectivity index (χ4v) is 3.34. The van der Waals surface area contributed by atoms with Gasteiger partial charge in [0.1, 0.15) is 6.07 Å². The van der Waals surface area contributed by atoms with E-state index in [0.717, 1.165) is 6.42 Å². The van der Waals surface area contributed by atoms with Crippen LogP contribution in [0.2, 0.25) is 0 Å². The first kappa shape index (κ1) is 15.8. The number of carboxylic acid groups (broad SMARTS) is 1. The summed E-state index contributed by atoms with van der Waals surface area (Å²) in [7, 11) is 0. The molecule has 0 aliphatic carbocycles. The largest absolute Gasteiger partial charge is 0.481 e. The topological polar surface area (TPSA) is 64.3 Å². The number of aliphatic carboxylic acids is 1. The summed E-state index contributed by atoms with van der Waals surface area (Å²) in [5.74, 6) is -1.33. The first-order valence-corrected chi connectivity index (χ1v) is 7.61. The average molecular weight is 355 g/mol. The molecule has 1 unspecified atom stereocenters. The van der Waals surface area contributed by atoms with Gasteiger partial charge < -0.3 is 10.0 Å². The van der Waals surface area contributed by atoms with Gasteiger partial charge in [0.15, 0.2) is 5.82 Å². The first-order valence-electron chi connectivity index (χ1n) is 6.81. The number of carbonyl (C=O) groups is 1. The van der Waals surface area contributed by atoms with Gasteiger partial charge in [-0.05, 0) is 40.9 Å². The molecule has 1 atom stereocenters. The number of anilines is 1. The van der Waals surface area contributed by atoms with Crippen molar-refractivity contribution < 1.29 is 14.3 Å². The molecule has 1 fully saturated rings. The summed E-state index contributed by atoms with van der Waals surface area (Å²) in [5.41, 5.74) is -0.227. The summed E-state index contributed by atoms with van der Waals surface area (Å²) >= 11 is 3.09. The molecule has 112 valence electrons. The highest BCUT2D eigenvalue weighted by Gasteiger charge is 2.44. The first-order chi connectivity index (χ1) is 9.95. The van der Waals surface area contributed by atoms with Crippen LogP contribution in [-0.2, 0) is 4.79 Å². The average Bonchev–Trinajstić information content (AvgIpc) is 2.87. The van der Waals surface area contributed by atoms with Crippen LogP contribution in [0.25, 0.3) is 0 Å². The van der Waals surface area contributed by atoms with Crippen molar-refractivity contribution in [3.05, 3.63) is 28.0 Å². The zero-order valence-electron chi connectivity index (χ0n) is 11.7. The fourth-order valence-electron chi connectivity index (χ4n) is 2.91. The summed E-state index contributed by atoms with van der Waals surface area (Å²) < 4.78 is 14.5. The molecule has 0 saturated carbocycles. The van der Waals surface area contributed by atoms with Crippen molar-refractivity contribution in [3.8, 4) is 6.07 Å². The molecule has 4 nitrogen and oxygen atoms in total. The molecule has 1 saturated heterocycles. The number of carboxylic acids is 1. The Labute approximate surface area is 131 Å². The number of benzene rings is 1. The van der Waals surface area contributed by atoms with Crippen LogP contribution >= 0.6 is 15.9 Å². The van der Waals surface area contributed by atoms with Crippen molar-refractivity contribution in [1.29, 1.82) is 5.26 Å². The minimum Gasteiger partial charge on any atom is -0.481 e. The van der Waals surface area contributed by atoms with E-state index < -0.39 is 17.2 Å². The molecule has 1 aromatic carbocycles. The second-order valence-electron chi connectivity index (χ2n) is 5.38. The predicted molar refractivity (Wildman–Crippen MR) is 80.6 cm³/mol. The quantitative estimate of drug-likeness (QED) is 0.897. The minimum atomic E-state index is -0.819. The molecule has 0 aromatic heterocycles. The normalized spacial score (nSPS) is 21.3. The summed E-state index contributed by atoms with van der Waals surface area (Å²) in [5, 5.41) is 18.4. The standard InChI is InChI=1S/C15H16BrFN2O2/c1-2-5-15(14(20)21)6-7-19(9-15)11-4-3-10(8-18)12(16)13(11)17/h3-4H,2,5-7,9H2,1H3,(H,20,21). The van der Waals surface area contributed by atoms with Gasteiger partial charge in [-0.2, -0.15) is 5.26 Å². The number of hydrogen-bond donors (Lipinski definition) is 1. The Morgan fingerprint density at radius 3 is 2.90 bits per heavy atom. The Morgan fingerprint density at radius 2 is 2.33 bits per heavy atom. The summed E-state index contributed by atoms with van der Waals surface area (Å²) in [6.45, 7) is 2.75. The maximum Gasteiger partial charge on any atom is 0.311 e. The molecule has 0 radical (unpaired) electrons. The zero-order chi connectivity index (χ0) is 15.6. The Balaban J connectivity index is 2.32. The van der Waals surface area contributed by atoms with Gasteiger partial charge in [0.05, 0.1) is 21.1 Å². The Hall–Kier alpha value is -1.61. The number of nitriles is 1. The highest BCUT2D eigenvalue weighted by molar-refractivity contribution is 9.10. The van der Waals surface area contributed by atoms with Crippen molar-refractivity contribution in [2.45, 2.75) is 26.2 Å². The van der Waals surface area contributed by atoms with Crippen LogP contribution in [-0.4, -0.2) is 24.2 Å². The van der Waals surface area contributed by atoms with Crippen LogP contribution in [0.4, 0.5) is 10.1 Å². The lowest BCUT2D eigenvalue weighted by molar-refractivity contribution is -0.148. The van der Waals surface area contributed by atoms with Crippen LogP contribution in [0.15, 0.2) is 16.6 Å². The van der Waals surface area contributed by atoms with Gasteiger partial charge in [0.2, 0.25) is 0 Å². The van der Waals surface area contributed by atoms with E-state index in [1.807, 2.05) is 13.0 Å². The van der Waals surface area contributed by atoms with Gasteiger partial charge >= 0.3 is 5.97 Å². The second-order valence-corrected chi connectivity index (χ2v) is 6.17. The van der Waals surface area contributed by atoms with Crippen LogP contribution in [0.5, 0.6) is 0 Å². The number of rotatable bonds is 4. The van der Waals surface area contributed by atoms with Gasteiger partial charge in [-0.1, -0.05) is 13.3 Å². The Morgan fingerprint density at radius 1 is 1.62 bits per heavy atom. The van der Waals surface area contributed by atoms with Crippen LogP contribution < -0.4 is 4.90 Å². The Bertz CT molecular complexity index is 614. The van der Waals surface area contributed by atoms with Crippen LogP contribution in [0.3, 0.4) is 0 Å². The number of hydrogen-bond acceptors (Lipinski definition) is 3. The van der Waals surface area contributed by atoms with Crippen molar-refractivity contribution in [2.24, 2.45) is 5.41 Å². The Kier molecular flexibility index (Phi) is 4.52. The molecular formula is C15H16BrFN2O2. The lowest BCUT2D eigenvalue weighted by Gasteiger charge is -2.25. The molecule has 0 amide bonds. The molecular weight excluding hydrogens is 339 g/mol. The zero-order valence-corrected chi connectivity index (χ0v) is 13.3. The van der Waals surface area contributed by atoms with E-state index >= 15 is 0 Å². The third-order valence-corrected chi connectivity index (χ3v) is 4.83. The maximum absolute atomic E-state index is 14.4. The third kappa shape index (κ3) is 2.75. The van der Waals surface area contributed by atoms with Crippen molar-refractivity contribution in [3.63, 3.8) is 0 Å². The molecule has 0 bridgehead atoms. The molecule has 0 spiro atoms. The summed E-state index contributed by atoms with van der Waals surface area (Å²) in [6, 6.07) is 5.00. The smallest absolute Gasteiger partial charge is 0.311 e. The number of nitrogens with zero attached hydrogens (tertiary/aromatic N) is 2. The van der Waals surface area contributed by atoms with Crippen molar-refractivity contribution in [1.82, 2.24) is 0 Å². The van der Waals surface area contributed by atoms with Crippen LogP contribution in [0, 0.1) is 22.6 Å².